The van der Waals surface area contributed by atoms with E-state index in [0.29, 0.717) is 12.8 Å². The van der Waals surface area contributed by atoms with Crippen LogP contribution in [0.25, 0.3) is 0 Å². The second-order valence-electron chi connectivity index (χ2n) is 5.82. The Kier molecular flexibility index (Phi) is 4.88. The minimum absolute atomic E-state index is 0.245. The molecular formula is C19H24N2O. The average Bonchev–Trinajstić information content (AvgIpc) is 2.57. The third-order valence-electron chi connectivity index (χ3n) is 4.46. The monoisotopic (exact) mass is 296 g/mol. The van der Waals surface area contributed by atoms with Gasteiger partial charge in [0.2, 0.25) is 0 Å². The standard InChI is InChI=1S/C19H24N2O/c1-3-20-15-22-21(14-17-10-6-4-7-11-17)19(16(20)2)18-12-8-5-9-13-18/h4-13,16,19H,3,14-15H2,1-2H3/t16-,19+/m0/s1. The molecule has 3 heteroatoms. The Morgan fingerprint density at radius 3 is 2.27 bits per heavy atom. The molecule has 0 saturated carbocycles. The van der Waals surface area contributed by atoms with Crippen LogP contribution in [0.1, 0.15) is 31.0 Å². The Morgan fingerprint density at radius 2 is 1.64 bits per heavy atom. The average molecular weight is 296 g/mol. The van der Waals surface area contributed by atoms with Crippen molar-refractivity contribution in [2.75, 3.05) is 13.3 Å². The van der Waals surface area contributed by atoms with Crippen LogP contribution in [-0.2, 0) is 11.4 Å². The lowest BCUT2D eigenvalue weighted by Gasteiger charge is -2.45. The van der Waals surface area contributed by atoms with Gasteiger partial charge in [0, 0.05) is 12.6 Å². The fraction of sp³-hybridized carbons (Fsp3) is 0.368. The smallest absolute Gasteiger partial charge is 0.121 e. The molecular weight excluding hydrogens is 272 g/mol. The highest BCUT2D eigenvalue weighted by Crippen LogP contribution is 2.32. The Balaban J connectivity index is 1.86. The summed E-state index contributed by atoms with van der Waals surface area (Å²) < 4.78 is 0. The first-order valence-corrected chi connectivity index (χ1v) is 8.02. The van der Waals surface area contributed by atoms with Gasteiger partial charge in [0.1, 0.15) is 6.73 Å². The predicted molar refractivity (Wildman–Crippen MR) is 89.0 cm³/mol. The Hall–Kier alpha value is -1.68. The molecule has 1 aliphatic heterocycles. The van der Waals surface area contributed by atoms with Crippen LogP contribution in [0, 0.1) is 0 Å². The van der Waals surface area contributed by atoms with Crippen molar-refractivity contribution in [1.29, 1.82) is 0 Å². The predicted octanol–water partition coefficient (Wildman–Crippen LogP) is 3.84. The van der Waals surface area contributed by atoms with Gasteiger partial charge in [0.25, 0.3) is 0 Å². The third-order valence-corrected chi connectivity index (χ3v) is 4.46. The zero-order valence-corrected chi connectivity index (χ0v) is 13.4. The molecule has 22 heavy (non-hydrogen) atoms. The van der Waals surface area contributed by atoms with Crippen molar-refractivity contribution in [3.8, 4) is 0 Å². The van der Waals surface area contributed by atoms with Crippen LogP contribution in [-0.4, -0.2) is 29.3 Å². The molecule has 0 aliphatic carbocycles. The van der Waals surface area contributed by atoms with Gasteiger partial charge < -0.3 is 0 Å². The molecule has 1 aliphatic rings. The summed E-state index contributed by atoms with van der Waals surface area (Å²) in [6.07, 6.45) is 0. The van der Waals surface area contributed by atoms with E-state index in [1.165, 1.54) is 11.1 Å². The fourth-order valence-electron chi connectivity index (χ4n) is 3.17. The van der Waals surface area contributed by atoms with E-state index in [1.54, 1.807) is 0 Å². The molecule has 3 rings (SSSR count). The molecule has 0 aromatic heterocycles. The van der Waals surface area contributed by atoms with E-state index < -0.39 is 0 Å². The Labute approximate surface area is 133 Å². The zero-order chi connectivity index (χ0) is 15.4. The Bertz CT molecular complexity index is 573. The number of rotatable bonds is 4. The van der Waals surface area contributed by atoms with Gasteiger partial charge in [-0.15, -0.1) is 0 Å². The second kappa shape index (κ2) is 7.05. The van der Waals surface area contributed by atoms with E-state index in [0.717, 1.165) is 13.1 Å². The van der Waals surface area contributed by atoms with Gasteiger partial charge in [0.05, 0.1) is 6.04 Å². The summed E-state index contributed by atoms with van der Waals surface area (Å²) >= 11 is 0. The summed E-state index contributed by atoms with van der Waals surface area (Å²) in [5, 5.41) is 2.14. The third kappa shape index (κ3) is 3.22. The van der Waals surface area contributed by atoms with Gasteiger partial charge in [-0.2, -0.15) is 5.06 Å². The minimum atomic E-state index is 0.245. The number of likely N-dealkylation sites (N-methyl/N-ethyl adjacent to an activating group) is 1. The molecule has 0 amide bonds. The fourth-order valence-corrected chi connectivity index (χ4v) is 3.17. The van der Waals surface area contributed by atoms with E-state index in [1.807, 2.05) is 0 Å². The lowest BCUT2D eigenvalue weighted by Crippen LogP contribution is -2.51. The number of benzene rings is 2. The first kappa shape index (κ1) is 15.2. The summed E-state index contributed by atoms with van der Waals surface area (Å²) in [5.41, 5.74) is 2.59. The van der Waals surface area contributed by atoms with E-state index >= 15 is 0 Å². The second-order valence-corrected chi connectivity index (χ2v) is 5.82. The SMILES string of the molecule is CCN1CON(Cc2ccccc2)[C@@H](c2ccccc2)[C@@H]1C. The van der Waals surface area contributed by atoms with Gasteiger partial charge in [0.15, 0.2) is 0 Å². The van der Waals surface area contributed by atoms with Crippen molar-refractivity contribution in [3.05, 3.63) is 71.8 Å². The number of hydrogen-bond acceptors (Lipinski definition) is 3. The molecule has 0 radical (unpaired) electrons. The van der Waals surface area contributed by atoms with Gasteiger partial charge in [-0.3, -0.25) is 9.74 Å². The molecule has 3 nitrogen and oxygen atoms in total. The van der Waals surface area contributed by atoms with Crippen molar-refractivity contribution < 1.29 is 4.84 Å². The van der Waals surface area contributed by atoms with Crippen LogP contribution in [0.15, 0.2) is 60.7 Å². The van der Waals surface area contributed by atoms with E-state index in [-0.39, 0.29) is 6.04 Å². The van der Waals surface area contributed by atoms with Crippen molar-refractivity contribution in [2.24, 2.45) is 0 Å². The highest BCUT2D eigenvalue weighted by Gasteiger charge is 2.35. The van der Waals surface area contributed by atoms with E-state index in [2.05, 4.69) is 84.5 Å². The number of hydrogen-bond donors (Lipinski definition) is 0. The normalized spacial score (nSPS) is 23.5. The molecule has 0 spiro atoms. The van der Waals surface area contributed by atoms with Crippen molar-refractivity contribution >= 4 is 0 Å². The highest BCUT2D eigenvalue weighted by atomic mass is 16.7. The summed E-state index contributed by atoms with van der Waals surface area (Å²) in [6, 6.07) is 21.9. The lowest BCUT2D eigenvalue weighted by molar-refractivity contribution is -0.275. The molecule has 2 aromatic rings. The number of nitrogens with zero attached hydrogens (tertiary/aromatic N) is 2. The summed E-state index contributed by atoms with van der Waals surface area (Å²) in [6.45, 7) is 6.95. The van der Waals surface area contributed by atoms with Gasteiger partial charge in [-0.25, -0.2) is 0 Å². The first-order valence-electron chi connectivity index (χ1n) is 8.02. The van der Waals surface area contributed by atoms with Crippen molar-refractivity contribution in [1.82, 2.24) is 9.96 Å². The maximum absolute atomic E-state index is 6.08. The van der Waals surface area contributed by atoms with Crippen LogP contribution in [0.4, 0.5) is 0 Å². The molecule has 2 aromatic carbocycles. The molecule has 1 heterocycles. The van der Waals surface area contributed by atoms with Gasteiger partial charge in [-0.1, -0.05) is 67.6 Å². The summed E-state index contributed by atoms with van der Waals surface area (Å²) in [5.74, 6) is 0. The highest BCUT2D eigenvalue weighted by molar-refractivity contribution is 5.22. The molecule has 116 valence electrons. The van der Waals surface area contributed by atoms with Gasteiger partial charge >= 0.3 is 0 Å². The van der Waals surface area contributed by atoms with E-state index in [4.69, 9.17) is 4.84 Å². The van der Waals surface area contributed by atoms with E-state index in [9.17, 15) is 0 Å². The summed E-state index contributed by atoms with van der Waals surface area (Å²) in [4.78, 5) is 8.46. The van der Waals surface area contributed by atoms with Crippen LogP contribution in [0.3, 0.4) is 0 Å². The van der Waals surface area contributed by atoms with Crippen molar-refractivity contribution in [3.63, 3.8) is 0 Å². The van der Waals surface area contributed by atoms with Crippen molar-refractivity contribution in [2.45, 2.75) is 32.5 Å². The number of hydroxylamine groups is 2. The van der Waals surface area contributed by atoms with Crippen LogP contribution >= 0.6 is 0 Å². The zero-order valence-electron chi connectivity index (χ0n) is 13.4. The first-order chi connectivity index (χ1) is 10.8. The van der Waals surface area contributed by atoms with Crippen LogP contribution in [0.2, 0.25) is 0 Å². The quantitative estimate of drug-likeness (QED) is 0.852. The molecule has 1 saturated heterocycles. The summed E-state index contributed by atoms with van der Waals surface area (Å²) in [7, 11) is 0. The van der Waals surface area contributed by atoms with Crippen LogP contribution < -0.4 is 0 Å². The van der Waals surface area contributed by atoms with Gasteiger partial charge in [-0.05, 0) is 24.6 Å². The largest absolute Gasteiger partial charge is 0.282 e. The maximum Gasteiger partial charge on any atom is 0.121 e. The maximum atomic E-state index is 6.08. The molecule has 0 unspecified atom stereocenters. The van der Waals surface area contributed by atoms with Crippen LogP contribution in [0.5, 0.6) is 0 Å². The lowest BCUT2D eigenvalue weighted by atomic mass is 9.98. The minimum Gasteiger partial charge on any atom is -0.282 e. The molecule has 1 fully saturated rings. The molecule has 0 bridgehead atoms. The topological polar surface area (TPSA) is 15.7 Å². The molecule has 2 atom stereocenters. The molecule has 0 N–H and O–H groups in total. The Morgan fingerprint density at radius 1 is 1.00 bits per heavy atom.